The lowest BCUT2D eigenvalue weighted by Crippen LogP contribution is -2.40. The van der Waals surface area contributed by atoms with Crippen molar-refractivity contribution in [3.63, 3.8) is 0 Å². The molecule has 8 heteroatoms. The van der Waals surface area contributed by atoms with Crippen LogP contribution in [0.2, 0.25) is 0 Å². The summed E-state index contributed by atoms with van der Waals surface area (Å²) in [6.07, 6.45) is 0. The van der Waals surface area contributed by atoms with Gasteiger partial charge in [-0.15, -0.1) is 35.7 Å². The number of rotatable bonds is 7. The smallest absolute Gasteiger partial charge is 0.248 e. The number of hydrogen-bond acceptors (Lipinski definition) is 5. The molecule has 1 unspecified atom stereocenters. The number of benzene rings is 1. The van der Waals surface area contributed by atoms with Crippen LogP contribution in [0.25, 0.3) is 0 Å². The van der Waals surface area contributed by atoms with Gasteiger partial charge in [-0.3, -0.25) is 0 Å². The van der Waals surface area contributed by atoms with Gasteiger partial charge in [-0.25, -0.2) is 4.99 Å². The Morgan fingerprint density at radius 3 is 2.67 bits per heavy atom. The van der Waals surface area contributed by atoms with E-state index < -0.39 is 0 Å². The minimum atomic E-state index is 0. The number of hydrogen-bond donors (Lipinski definition) is 2. The fourth-order valence-corrected chi connectivity index (χ4v) is 2.85. The lowest BCUT2D eigenvalue weighted by atomic mass is 10.4. The molecule has 0 spiro atoms. The highest BCUT2D eigenvalue weighted by atomic mass is 127. The third-order valence-electron chi connectivity index (χ3n) is 2.92. The maximum absolute atomic E-state index is 5.07. The molecule has 0 fully saturated rings. The molecule has 2 aromatic rings. The Kier molecular flexibility index (Phi) is 9.77. The van der Waals surface area contributed by atoms with Crippen LogP contribution in [0.1, 0.15) is 25.6 Å². The fraction of sp³-hybridized carbons (Fsp3) is 0.438. The van der Waals surface area contributed by atoms with Crippen molar-refractivity contribution < 1.29 is 4.52 Å². The molecule has 132 valence electrons. The lowest BCUT2D eigenvalue weighted by Gasteiger charge is -2.15. The van der Waals surface area contributed by atoms with Gasteiger partial charge < -0.3 is 15.2 Å². The lowest BCUT2D eigenvalue weighted by molar-refractivity contribution is 0.376. The highest BCUT2D eigenvalue weighted by Gasteiger charge is 2.07. The van der Waals surface area contributed by atoms with E-state index in [2.05, 4.69) is 57.0 Å². The molecular weight excluding hydrogens is 437 g/mol. The van der Waals surface area contributed by atoms with Crippen LogP contribution in [0.4, 0.5) is 0 Å². The molecule has 1 atom stereocenters. The van der Waals surface area contributed by atoms with Crippen LogP contribution >= 0.6 is 35.7 Å². The first-order valence-corrected chi connectivity index (χ1v) is 8.58. The topological polar surface area (TPSA) is 75.3 Å². The summed E-state index contributed by atoms with van der Waals surface area (Å²) in [7, 11) is 0. The van der Waals surface area contributed by atoms with Gasteiger partial charge in [0.2, 0.25) is 5.89 Å². The standard InChI is InChI=1S/C16H23N5OS.HI/c1-4-17-16(19-11-15-20-13(3)21-22-15)18-10-12(2)23-14-8-6-5-7-9-14;/h5-9,12H,4,10-11H2,1-3H3,(H2,17,18,19);1H. The number of nitrogens with one attached hydrogen (secondary N) is 2. The quantitative estimate of drug-likeness (QED) is 0.286. The number of guanidine groups is 1. The van der Waals surface area contributed by atoms with E-state index in [4.69, 9.17) is 4.52 Å². The van der Waals surface area contributed by atoms with Crippen LogP contribution in [0.15, 0.2) is 44.7 Å². The van der Waals surface area contributed by atoms with Crippen molar-refractivity contribution in [2.75, 3.05) is 13.1 Å². The minimum absolute atomic E-state index is 0. The van der Waals surface area contributed by atoms with Gasteiger partial charge in [0.25, 0.3) is 0 Å². The van der Waals surface area contributed by atoms with Crippen LogP contribution in [0, 0.1) is 6.92 Å². The molecule has 0 aliphatic carbocycles. The Morgan fingerprint density at radius 2 is 2.04 bits per heavy atom. The summed E-state index contributed by atoms with van der Waals surface area (Å²) in [5.74, 6) is 1.90. The number of aliphatic imine (C=N–C) groups is 1. The zero-order chi connectivity index (χ0) is 16.5. The van der Waals surface area contributed by atoms with E-state index in [0.717, 1.165) is 19.0 Å². The average molecular weight is 461 g/mol. The molecule has 1 heterocycles. The van der Waals surface area contributed by atoms with E-state index in [0.29, 0.717) is 23.5 Å². The van der Waals surface area contributed by atoms with Crippen LogP contribution in [-0.2, 0) is 6.54 Å². The zero-order valence-corrected chi connectivity index (χ0v) is 17.3. The second-order valence-corrected chi connectivity index (χ2v) is 6.56. The first-order chi connectivity index (χ1) is 11.2. The van der Waals surface area contributed by atoms with Gasteiger partial charge in [-0.1, -0.05) is 30.3 Å². The predicted molar refractivity (Wildman–Crippen MR) is 109 cm³/mol. The summed E-state index contributed by atoms with van der Waals surface area (Å²) < 4.78 is 5.07. The molecule has 0 saturated carbocycles. The van der Waals surface area contributed by atoms with Gasteiger partial charge in [0, 0.05) is 23.2 Å². The van der Waals surface area contributed by atoms with Crippen molar-refractivity contribution in [2.24, 2.45) is 4.99 Å². The Hall–Kier alpha value is -1.29. The molecule has 0 aliphatic heterocycles. The monoisotopic (exact) mass is 461 g/mol. The van der Waals surface area contributed by atoms with Gasteiger partial charge in [-0.05, 0) is 26.0 Å². The maximum Gasteiger partial charge on any atom is 0.248 e. The van der Waals surface area contributed by atoms with Gasteiger partial charge in [0.1, 0.15) is 6.54 Å². The first-order valence-electron chi connectivity index (χ1n) is 7.70. The molecule has 0 aliphatic rings. The van der Waals surface area contributed by atoms with Gasteiger partial charge in [0.05, 0.1) is 0 Å². The largest absolute Gasteiger partial charge is 0.357 e. The zero-order valence-electron chi connectivity index (χ0n) is 14.2. The second-order valence-electron chi connectivity index (χ2n) is 5.05. The summed E-state index contributed by atoms with van der Waals surface area (Å²) >= 11 is 1.84. The fourth-order valence-electron chi connectivity index (χ4n) is 1.91. The van der Waals surface area contributed by atoms with E-state index in [-0.39, 0.29) is 24.0 Å². The molecule has 1 aromatic heterocycles. The summed E-state index contributed by atoms with van der Waals surface area (Å²) in [6.45, 7) is 8.01. The van der Waals surface area contributed by atoms with E-state index in [1.807, 2.05) is 24.8 Å². The molecule has 1 aromatic carbocycles. The number of aryl methyl sites for hydroxylation is 1. The number of aromatic nitrogens is 2. The van der Waals surface area contributed by atoms with Crippen molar-refractivity contribution in [1.82, 2.24) is 20.8 Å². The van der Waals surface area contributed by atoms with Gasteiger partial charge in [-0.2, -0.15) is 4.98 Å². The SMILES string of the molecule is CCNC(=NCc1nc(C)no1)NCC(C)Sc1ccccc1.I. The molecule has 6 nitrogen and oxygen atoms in total. The summed E-state index contributed by atoms with van der Waals surface area (Å²) in [5, 5.41) is 10.7. The summed E-state index contributed by atoms with van der Waals surface area (Å²) in [6, 6.07) is 10.4. The normalized spacial score (nSPS) is 12.4. The third kappa shape index (κ3) is 7.52. The minimum Gasteiger partial charge on any atom is -0.357 e. The Labute approximate surface area is 164 Å². The Morgan fingerprint density at radius 1 is 1.29 bits per heavy atom. The van der Waals surface area contributed by atoms with Crippen LogP contribution < -0.4 is 10.6 Å². The van der Waals surface area contributed by atoms with Gasteiger partial charge in [0.15, 0.2) is 11.8 Å². The summed E-state index contributed by atoms with van der Waals surface area (Å²) in [4.78, 5) is 9.88. The van der Waals surface area contributed by atoms with Crippen LogP contribution in [-0.4, -0.2) is 34.4 Å². The maximum atomic E-state index is 5.07. The number of nitrogens with zero attached hydrogens (tertiary/aromatic N) is 3. The average Bonchev–Trinajstić information content (AvgIpc) is 2.96. The number of thioether (sulfide) groups is 1. The van der Waals surface area contributed by atoms with E-state index >= 15 is 0 Å². The van der Waals surface area contributed by atoms with E-state index in [9.17, 15) is 0 Å². The van der Waals surface area contributed by atoms with Crippen molar-refractivity contribution in [2.45, 2.75) is 37.5 Å². The molecule has 2 rings (SSSR count). The second kappa shape index (κ2) is 11.3. The Balaban J connectivity index is 0.00000288. The van der Waals surface area contributed by atoms with E-state index in [1.54, 1.807) is 6.92 Å². The van der Waals surface area contributed by atoms with Crippen molar-refractivity contribution in [3.8, 4) is 0 Å². The van der Waals surface area contributed by atoms with E-state index in [1.165, 1.54) is 4.90 Å². The first kappa shape index (κ1) is 20.8. The van der Waals surface area contributed by atoms with Crippen LogP contribution in [0.5, 0.6) is 0 Å². The Bertz CT molecular complexity index is 620. The molecule has 0 amide bonds. The third-order valence-corrected chi connectivity index (χ3v) is 4.04. The highest BCUT2D eigenvalue weighted by Crippen LogP contribution is 2.21. The summed E-state index contributed by atoms with van der Waals surface area (Å²) in [5.41, 5.74) is 0. The molecule has 24 heavy (non-hydrogen) atoms. The molecule has 0 radical (unpaired) electrons. The predicted octanol–water partition coefficient (Wildman–Crippen LogP) is 3.23. The van der Waals surface area contributed by atoms with Crippen molar-refractivity contribution >= 4 is 41.7 Å². The number of halogens is 1. The highest BCUT2D eigenvalue weighted by molar-refractivity contribution is 14.0. The van der Waals surface area contributed by atoms with Crippen molar-refractivity contribution in [1.29, 1.82) is 0 Å². The molecule has 2 N–H and O–H groups in total. The van der Waals surface area contributed by atoms with Crippen molar-refractivity contribution in [3.05, 3.63) is 42.0 Å². The van der Waals surface area contributed by atoms with Crippen LogP contribution in [0.3, 0.4) is 0 Å². The molecule has 0 bridgehead atoms. The van der Waals surface area contributed by atoms with Gasteiger partial charge >= 0.3 is 0 Å². The molecule has 0 saturated heterocycles. The molecular formula is C16H24IN5OS.